The van der Waals surface area contributed by atoms with Crippen molar-refractivity contribution in [2.45, 2.75) is 25.7 Å². The van der Waals surface area contributed by atoms with Gasteiger partial charge in [-0.3, -0.25) is 9.59 Å². The fraction of sp³-hybridized carbons (Fsp3) is 0.462. The van der Waals surface area contributed by atoms with Gasteiger partial charge in [-0.15, -0.1) is 0 Å². The van der Waals surface area contributed by atoms with Gasteiger partial charge in [-0.2, -0.15) is 0 Å². The third-order valence-electron chi connectivity index (χ3n) is 5.38. The molecule has 4 heteroatoms. The van der Waals surface area contributed by atoms with Crippen molar-refractivity contribution >= 4 is 11.6 Å². The van der Waals surface area contributed by atoms with Crippen LogP contribution in [0.3, 0.4) is 0 Å². The summed E-state index contributed by atoms with van der Waals surface area (Å²) in [4.78, 5) is 30.1. The molecule has 0 saturated heterocycles. The highest BCUT2D eigenvalue weighted by molar-refractivity contribution is 5.98. The van der Waals surface area contributed by atoms with Gasteiger partial charge in [0, 0.05) is 36.1 Å². The van der Waals surface area contributed by atoms with E-state index >= 15 is 0 Å². The van der Waals surface area contributed by atoms with Crippen LogP contribution in [0.25, 0.3) is 0 Å². The molecular formula is C26H36N2O2. The largest absolute Gasteiger partial charge is 0.309 e. The first kappa shape index (κ1) is 24.0. The highest BCUT2D eigenvalue weighted by atomic mass is 16.1. The van der Waals surface area contributed by atoms with E-state index in [0.717, 1.165) is 49.9 Å². The molecule has 2 aromatic rings. The van der Waals surface area contributed by atoms with Gasteiger partial charge in [0.1, 0.15) is 0 Å². The molecule has 0 heterocycles. The maximum absolute atomic E-state index is 13.0. The van der Waals surface area contributed by atoms with Crippen LogP contribution in [0.1, 0.15) is 46.4 Å². The molecule has 0 aliphatic heterocycles. The maximum atomic E-state index is 13.0. The van der Waals surface area contributed by atoms with Gasteiger partial charge in [0.2, 0.25) is 0 Å². The van der Waals surface area contributed by atoms with E-state index in [-0.39, 0.29) is 23.4 Å². The first-order chi connectivity index (χ1) is 14.4. The Labute approximate surface area is 181 Å². The number of hydrogen-bond donors (Lipinski definition) is 0. The van der Waals surface area contributed by atoms with Crippen molar-refractivity contribution in [3.05, 3.63) is 71.8 Å². The molecule has 0 spiro atoms. The molecule has 0 fully saturated rings. The van der Waals surface area contributed by atoms with Crippen LogP contribution in [0.15, 0.2) is 60.7 Å². The minimum Gasteiger partial charge on any atom is -0.309 e. The molecule has 0 aliphatic rings. The van der Waals surface area contributed by atoms with Crippen molar-refractivity contribution in [1.29, 1.82) is 0 Å². The van der Waals surface area contributed by atoms with Crippen molar-refractivity contribution in [3.8, 4) is 0 Å². The van der Waals surface area contributed by atoms with E-state index in [2.05, 4.69) is 9.80 Å². The smallest absolute Gasteiger partial charge is 0.167 e. The summed E-state index contributed by atoms with van der Waals surface area (Å²) in [5.74, 6) is 0.406. The highest BCUT2D eigenvalue weighted by Gasteiger charge is 2.23. The van der Waals surface area contributed by atoms with Crippen molar-refractivity contribution in [2.75, 3.05) is 41.3 Å². The Morgan fingerprint density at radius 3 is 1.27 bits per heavy atom. The molecular weight excluding hydrogens is 372 g/mol. The van der Waals surface area contributed by atoms with E-state index in [9.17, 15) is 9.59 Å². The fourth-order valence-electron chi connectivity index (χ4n) is 3.95. The Bertz CT molecular complexity index is 705. The van der Waals surface area contributed by atoms with Crippen LogP contribution in [0.2, 0.25) is 0 Å². The van der Waals surface area contributed by atoms with Crippen LogP contribution in [0.5, 0.6) is 0 Å². The lowest BCUT2D eigenvalue weighted by Crippen LogP contribution is -2.29. The van der Waals surface area contributed by atoms with E-state index in [0.29, 0.717) is 0 Å². The third kappa shape index (κ3) is 7.85. The average molecular weight is 409 g/mol. The number of carbonyl (C=O) groups excluding carboxylic acids is 2. The van der Waals surface area contributed by atoms with Crippen molar-refractivity contribution < 1.29 is 9.59 Å². The molecule has 0 aromatic heterocycles. The zero-order chi connectivity index (χ0) is 21.9. The molecule has 0 aliphatic carbocycles. The average Bonchev–Trinajstić information content (AvgIpc) is 2.74. The summed E-state index contributed by atoms with van der Waals surface area (Å²) in [5, 5.41) is 0. The highest BCUT2D eigenvalue weighted by Crippen LogP contribution is 2.21. The second-order valence-corrected chi connectivity index (χ2v) is 8.66. The molecule has 0 amide bonds. The maximum Gasteiger partial charge on any atom is 0.167 e. The monoisotopic (exact) mass is 408 g/mol. The number of hydrogen-bond acceptors (Lipinski definition) is 4. The van der Waals surface area contributed by atoms with Crippen LogP contribution in [-0.2, 0) is 0 Å². The number of carbonyl (C=O) groups is 2. The molecule has 0 bridgehead atoms. The lowest BCUT2D eigenvalue weighted by atomic mass is 9.88. The molecule has 162 valence electrons. The van der Waals surface area contributed by atoms with Crippen LogP contribution in [0, 0.1) is 11.8 Å². The third-order valence-corrected chi connectivity index (χ3v) is 5.38. The summed E-state index contributed by atoms with van der Waals surface area (Å²) in [6.07, 6.45) is 3.59. The first-order valence-electron chi connectivity index (χ1n) is 10.9. The summed E-state index contributed by atoms with van der Waals surface area (Å²) < 4.78 is 0. The molecule has 2 aromatic carbocycles. The summed E-state index contributed by atoms with van der Waals surface area (Å²) in [6.45, 7) is 1.50. The van der Waals surface area contributed by atoms with Gasteiger partial charge in [0.25, 0.3) is 0 Å². The molecule has 0 unspecified atom stereocenters. The van der Waals surface area contributed by atoms with E-state index in [1.807, 2.05) is 88.9 Å². The number of rotatable bonds is 13. The van der Waals surface area contributed by atoms with Gasteiger partial charge in [-0.05, 0) is 41.0 Å². The lowest BCUT2D eigenvalue weighted by molar-refractivity contribution is 0.0867. The SMILES string of the molecule is CN(C)C[C@H](CCCC[C@@H](CN(C)C)C(=O)c1ccccc1)C(=O)c1ccccc1. The standard InChI is InChI=1S/C26H36N2O2/c1-27(2)19-23(25(29)21-13-7-5-8-14-21)17-11-12-18-24(20-28(3)4)26(30)22-15-9-6-10-16-22/h5-10,13-16,23-24H,11-12,17-20H2,1-4H3/t23-,24-/m0/s1. The van der Waals surface area contributed by atoms with Gasteiger partial charge in [-0.25, -0.2) is 0 Å². The van der Waals surface area contributed by atoms with Crippen molar-refractivity contribution in [3.63, 3.8) is 0 Å². The quantitative estimate of drug-likeness (QED) is 0.357. The van der Waals surface area contributed by atoms with E-state index in [4.69, 9.17) is 0 Å². The molecule has 2 atom stereocenters. The Morgan fingerprint density at radius 2 is 0.967 bits per heavy atom. The van der Waals surface area contributed by atoms with Gasteiger partial charge < -0.3 is 9.80 Å². The van der Waals surface area contributed by atoms with E-state index in [1.54, 1.807) is 0 Å². The predicted molar refractivity (Wildman–Crippen MR) is 124 cm³/mol. The second kappa shape index (κ2) is 12.4. The zero-order valence-electron chi connectivity index (χ0n) is 18.9. The van der Waals surface area contributed by atoms with Gasteiger partial charge in [-0.1, -0.05) is 73.5 Å². The Kier molecular flexibility index (Phi) is 9.92. The normalized spacial score (nSPS) is 13.4. The number of ketones is 2. The fourth-order valence-corrected chi connectivity index (χ4v) is 3.95. The Morgan fingerprint density at radius 1 is 0.633 bits per heavy atom. The minimum absolute atomic E-state index is 0.0143. The zero-order valence-corrected chi connectivity index (χ0v) is 18.9. The van der Waals surface area contributed by atoms with Crippen molar-refractivity contribution in [1.82, 2.24) is 9.80 Å². The molecule has 0 N–H and O–H groups in total. The van der Waals surface area contributed by atoms with Crippen LogP contribution in [0.4, 0.5) is 0 Å². The number of nitrogens with zero attached hydrogens (tertiary/aromatic N) is 2. The van der Waals surface area contributed by atoms with Gasteiger partial charge in [0.05, 0.1) is 0 Å². The minimum atomic E-state index is -0.0143. The Balaban J connectivity index is 1.95. The van der Waals surface area contributed by atoms with Gasteiger partial charge >= 0.3 is 0 Å². The van der Waals surface area contributed by atoms with Gasteiger partial charge in [0.15, 0.2) is 11.6 Å². The predicted octanol–water partition coefficient (Wildman–Crippen LogP) is 4.67. The number of unbranched alkanes of at least 4 members (excludes halogenated alkanes) is 1. The van der Waals surface area contributed by atoms with E-state index < -0.39 is 0 Å². The number of benzene rings is 2. The first-order valence-corrected chi connectivity index (χ1v) is 10.9. The molecule has 0 radical (unpaired) electrons. The lowest BCUT2D eigenvalue weighted by Gasteiger charge is -2.22. The summed E-state index contributed by atoms with van der Waals surface area (Å²) in [5.41, 5.74) is 1.57. The van der Waals surface area contributed by atoms with Crippen molar-refractivity contribution in [2.24, 2.45) is 11.8 Å². The Hall–Kier alpha value is -2.30. The van der Waals surface area contributed by atoms with E-state index in [1.165, 1.54) is 0 Å². The van der Waals surface area contributed by atoms with Crippen LogP contribution in [-0.4, -0.2) is 62.6 Å². The molecule has 30 heavy (non-hydrogen) atoms. The summed E-state index contributed by atoms with van der Waals surface area (Å²) in [6, 6.07) is 19.1. The number of Topliss-reactive ketones (excluding diaryl/α,β-unsaturated/α-hetero) is 2. The topological polar surface area (TPSA) is 40.6 Å². The molecule has 4 nitrogen and oxygen atoms in total. The summed E-state index contributed by atoms with van der Waals surface area (Å²) >= 11 is 0. The molecule has 0 saturated carbocycles. The second-order valence-electron chi connectivity index (χ2n) is 8.66. The summed E-state index contributed by atoms with van der Waals surface area (Å²) in [7, 11) is 8.04. The van der Waals surface area contributed by atoms with Crippen LogP contribution >= 0.6 is 0 Å². The van der Waals surface area contributed by atoms with Crippen LogP contribution < -0.4 is 0 Å². The molecule has 2 rings (SSSR count).